The molecule has 0 bridgehead atoms. The molecule has 0 aromatic heterocycles. The molecule has 7 heteroatoms. The highest BCUT2D eigenvalue weighted by atomic mass is 32.2. The van der Waals surface area contributed by atoms with Crippen molar-refractivity contribution in [2.45, 2.75) is 68.9 Å². The van der Waals surface area contributed by atoms with Crippen molar-refractivity contribution in [1.82, 2.24) is 5.32 Å². The molecule has 2 aromatic carbocycles. The Morgan fingerprint density at radius 1 is 1.06 bits per heavy atom. The SMILES string of the molecule is CCc1ccccc1N(CC(=O)NCCCSC1CCCCC1)S(=O)(=O)c1ccc(C)cc1. The third-order valence-electron chi connectivity index (χ3n) is 6.09. The average Bonchev–Trinajstić information content (AvgIpc) is 2.83. The van der Waals surface area contributed by atoms with Gasteiger partial charge in [-0.05, 0) is 62.1 Å². The van der Waals surface area contributed by atoms with Crippen LogP contribution in [0.5, 0.6) is 0 Å². The van der Waals surface area contributed by atoms with E-state index in [0.717, 1.165) is 28.6 Å². The van der Waals surface area contributed by atoms with Crippen LogP contribution >= 0.6 is 11.8 Å². The van der Waals surface area contributed by atoms with Gasteiger partial charge in [-0.3, -0.25) is 9.10 Å². The van der Waals surface area contributed by atoms with Crippen LogP contribution in [0.25, 0.3) is 0 Å². The van der Waals surface area contributed by atoms with E-state index in [1.807, 2.05) is 43.8 Å². The summed E-state index contributed by atoms with van der Waals surface area (Å²) in [5.74, 6) is 0.744. The summed E-state index contributed by atoms with van der Waals surface area (Å²) in [6.07, 6.45) is 8.20. The molecule has 1 N–H and O–H groups in total. The topological polar surface area (TPSA) is 66.5 Å². The maximum Gasteiger partial charge on any atom is 0.264 e. The minimum atomic E-state index is -3.88. The molecule has 0 saturated heterocycles. The fourth-order valence-electron chi connectivity index (χ4n) is 4.16. The molecule has 3 rings (SSSR count). The van der Waals surface area contributed by atoms with Crippen molar-refractivity contribution < 1.29 is 13.2 Å². The number of nitrogens with one attached hydrogen (secondary N) is 1. The minimum Gasteiger partial charge on any atom is -0.354 e. The smallest absolute Gasteiger partial charge is 0.264 e. The van der Waals surface area contributed by atoms with Crippen LogP contribution in [0.4, 0.5) is 5.69 Å². The largest absolute Gasteiger partial charge is 0.354 e. The number of carbonyl (C=O) groups excluding carboxylic acids is 1. The van der Waals surface area contributed by atoms with Crippen molar-refractivity contribution >= 4 is 33.4 Å². The van der Waals surface area contributed by atoms with Crippen LogP contribution in [0.1, 0.15) is 56.6 Å². The molecule has 1 fully saturated rings. The van der Waals surface area contributed by atoms with Gasteiger partial charge >= 0.3 is 0 Å². The highest BCUT2D eigenvalue weighted by Crippen LogP contribution is 2.29. The first kappa shape index (κ1) is 25.6. The molecule has 5 nitrogen and oxygen atoms in total. The Morgan fingerprint density at radius 2 is 1.76 bits per heavy atom. The molecule has 0 atom stereocenters. The van der Waals surface area contributed by atoms with Crippen LogP contribution in [0.3, 0.4) is 0 Å². The maximum atomic E-state index is 13.5. The molecule has 1 saturated carbocycles. The van der Waals surface area contributed by atoms with Gasteiger partial charge in [0.25, 0.3) is 10.0 Å². The highest BCUT2D eigenvalue weighted by Gasteiger charge is 2.28. The van der Waals surface area contributed by atoms with Crippen LogP contribution in [0.15, 0.2) is 53.4 Å². The third kappa shape index (κ3) is 7.24. The lowest BCUT2D eigenvalue weighted by Gasteiger charge is -2.26. The lowest BCUT2D eigenvalue weighted by molar-refractivity contribution is -0.119. The van der Waals surface area contributed by atoms with Crippen molar-refractivity contribution in [2.24, 2.45) is 0 Å². The predicted octanol–water partition coefficient (Wildman–Crippen LogP) is 5.32. The molecule has 0 unspecified atom stereocenters. The van der Waals surface area contributed by atoms with Crippen LogP contribution in [-0.4, -0.2) is 38.4 Å². The van der Waals surface area contributed by atoms with E-state index in [1.165, 1.54) is 36.4 Å². The first-order valence-electron chi connectivity index (χ1n) is 12.0. The maximum absolute atomic E-state index is 13.5. The summed E-state index contributed by atoms with van der Waals surface area (Å²) in [5, 5.41) is 3.69. The van der Waals surface area contributed by atoms with Crippen LogP contribution in [0.2, 0.25) is 0 Å². The summed E-state index contributed by atoms with van der Waals surface area (Å²) in [6.45, 7) is 4.23. The summed E-state index contributed by atoms with van der Waals surface area (Å²) in [5.41, 5.74) is 2.44. The van der Waals surface area contributed by atoms with Gasteiger partial charge in [-0.25, -0.2) is 8.42 Å². The molecule has 0 heterocycles. The summed E-state index contributed by atoms with van der Waals surface area (Å²) in [4.78, 5) is 13.0. The fourth-order valence-corrected chi connectivity index (χ4v) is 6.93. The Labute approximate surface area is 203 Å². The summed E-state index contributed by atoms with van der Waals surface area (Å²) >= 11 is 2.01. The van der Waals surface area contributed by atoms with Gasteiger partial charge in [0.15, 0.2) is 0 Å². The van der Waals surface area contributed by atoms with Gasteiger partial charge in [0, 0.05) is 11.8 Å². The van der Waals surface area contributed by atoms with Gasteiger partial charge in [-0.15, -0.1) is 0 Å². The Balaban J connectivity index is 1.66. The predicted molar refractivity (Wildman–Crippen MR) is 138 cm³/mol. The van der Waals surface area contributed by atoms with E-state index in [0.29, 0.717) is 18.7 Å². The number of rotatable bonds is 11. The quantitative estimate of drug-likeness (QED) is 0.435. The summed E-state index contributed by atoms with van der Waals surface area (Å²) in [6, 6.07) is 14.2. The number of para-hydroxylation sites is 1. The summed E-state index contributed by atoms with van der Waals surface area (Å²) in [7, 11) is -3.88. The number of anilines is 1. The zero-order valence-electron chi connectivity index (χ0n) is 19.8. The number of amides is 1. The average molecular weight is 489 g/mol. The number of thioether (sulfide) groups is 1. The number of sulfonamides is 1. The number of benzene rings is 2. The Morgan fingerprint density at radius 3 is 2.45 bits per heavy atom. The zero-order valence-corrected chi connectivity index (χ0v) is 21.4. The molecule has 1 aliphatic carbocycles. The number of hydrogen-bond acceptors (Lipinski definition) is 4. The second kappa shape index (κ2) is 12.5. The normalized spacial score (nSPS) is 14.7. The van der Waals surface area contributed by atoms with Gasteiger partial charge in [0.2, 0.25) is 5.91 Å². The first-order valence-corrected chi connectivity index (χ1v) is 14.5. The zero-order chi connectivity index (χ0) is 23.7. The second-order valence-electron chi connectivity index (χ2n) is 8.64. The molecule has 1 amide bonds. The fraction of sp³-hybridized carbons (Fsp3) is 0.500. The Bertz CT molecular complexity index is 1000. The van der Waals surface area contributed by atoms with E-state index in [1.54, 1.807) is 30.3 Å². The number of aryl methyl sites for hydroxylation is 2. The van der Waals surface area contributed by atoms with E-state index in [2.05, 4.69) is 5.32 Å². The first-order chi connectivity index (χ1) is 15.9. The van der Waals surface area contributed by atoms with Crippen LogP contribution < -0.4 is 9.62 Å². The van der Waals surface area contributed by atoms with Crippen molar-refractivity contribution in [1.29, 1.82) is 0 Å². The van der Waals surface area contributed by atoms with Crippen LogP contribution in [-0.2, 0) is 21.2 Å². The van der Waals surface area contributed by atoms with Gasteiger partial charge in [-0.2, -0.15) is 11.8 Å². The molecule has 1 aliphatic rings. The number of nitrogens with zero attached hydrogens (tertiary/aromatic N) is 1. The van der Waals surface area contributed by atoms with Crippen molar-refractivity contribution in [3.63, 3.8) is 0 Å². The Kier molecular flexibility index (Phi) is 9.68. The summed E-state index contributed by atoms with van der Waals surface area (Å²) < 4.78 is 28.3. The standard InChI is InChI=1S/C26H36N2O3S2/c1-3-22-10-7-8-13-25(22)28(33(30,31)24-16-14-21(2)15-17-24)20-26(29)27-18-9-19-32-23-11-5-4-6-12-23/h7-8,10,13-17,23H,3-6,9,11-12,18-20H2,1-2H3,(H,27,29). The van der Waals surface area contributed by atoms with Crippen molar-refractivity contribution in [3.05, 3.63) is 59.7 Å². The lowest BCUT2D eigenvalue weighted by atomic mass is 10.0. The third-order valence-corrected chi connectivity index (χ3v) is 9.33. The van der Waals surface area contributed by atoms with E-state index in [4.69, 9.17) is 0 Å². The van der Waals surface area contributed by atoms with Crippen molar-refractivity contribution in [2.75, 3.05) is 23.1 Å². The molecule has 33 heavy (non-hydrogen) atoms. The second-order valence-corrected chi connectivity index (χ2v) is 11.9. The minimum absolute atomic E-state index is 0.190. The van der Waals surface area contributed by atoms with Gasteiger partial charge in [-0.1, -0.05) is 62.1 Å². The van der Waals surface area contributed by atoms with Gasteiger partial charge < -0.3 is 5.32 Å². The molecule has 0 aliphatic heterocycles. The van der Waals surface area contributed by atoms with E-state index >= 15 is 0 Å². The molecule has 0 spiro atoms. The van der Waals surface area contributed by atoms with Crippen molar-refractivity contribution in [3.8, 4) is 0 Å². The Hall–Kier alpha value is -1.99. The van der Waals surface area contributed by atoms with E-state index in [-0.39, 0.29) is 17.3 Å². The van der Waals surface area contributed by atoms with E-state index < -0.39 is 10.0 Å². The van der Waals surface area contributed by atoms with Gasteiger partial charge in [0.05, 0.1) is 10.6 Å². The molecular formula is C26H36N2O3S2. The number of carbonyl (C=O) groups is 1. The molecule has 2 aromatic rings. The monoisotopic (exact) mass is 488 g/mol. The molecular weight excluding hydrogens is 452 g/mol. The lowest BCUT2D eigenvalue weighted by Crippen LogP contribution is -2.41. The molecule has 180 valence electrons. The van der Waals surface area contributed by atoms with Crippen LogP contribution in [0, 0.1) is 6.92 Å². The highest BCUT2D eigenvalue weighted by molar-refractivity contribution is 7.99. The molecule has 0 radical (unpaired) electrons. The number of hydrogen-bond donors (Lipinski definition) is 1. The van der Waals surface area contributed by atoms with Gasteiger partial charge in [0.1, 0.15) is 6.54 Å². The van der Waals surface area contributed by atoms with E-state index in [9.17, 15) is 13.2 Å².